The molecule has 1 atom stereocenters. The average Bonchev–Trinajstić information content (AvgIpc) is 3.16. The van der Waals surface area contributed by atoms with Gasteiger partial charge in [0, 0.05) is 11.6 Å². The summed E-state index contributed by atoms with van der Waals surface area (Å²) in [6.07, 6.45) is 5.50. The van der Waals surface area contributed by atoms with Crippen LogP contribution in [0.1, 0.15) is 46.0 Å². The molecule has 0 saturated heterocycles. The van der Waals surface area contributed by atoms with Crippen molar-refractivity contribution in [2.75, 3.05) is 5.32 Å². The van der Waals surface area contributed by atoms with Gasteiger partial charge in [0.05, 0.1) is 0 Å². The molecule has 1 heterocycles. The second-order valence-electron chi connectivity index (χ2n) is 7.44. The molecule has 150 valence electrons. The Morgan fingerprint density at radius 3 is 2.46 bits per heavy atom. The number of benzene rings is 1. The third-order valence-corrected chi connectivity index (χ3v) is 5.74. The number of aromatic nitrogens is 2. The van der Waals surface area contributed by atoms with Gasteiger partial charge in [0.1, 0.15) is 11.0 Å². The highest BCUT2D eigenvalue weighted by molar-refractivity contribution is 7.18. The molecule has 1 aliphatic rings. The van der Waals surface area contributed by atoms with Crippen LogP contribution in [-0.2, 0) is 4.79 Å². The van der Waals surface area contributed by atoms with Crippen LogP contribution < -0.4 is 16.0 Å². The Morgan fingerprint density at radius 1 is 1.07 bits per heavy atom. The predicted octanol–water partition coefficient (Wildman–Crippen LogP) is 3.80. The summed E-state index contributed by atoms with van der Waals surface area (Å²) >= 11 is 1.31. The monoisotopic (exact) mass is 401 g/mol. The van der Waals surface area contributed by atoms with Crippen molar-refractivity contribution in [3.05, 3.63) is 30.3 Å². The van der Waals surface area contributed by atoms with Gasteiger partial charge in [-0.2, -0.15) is 0 Å². The van der Waals surface area contributed by atoms with Crippen LogP contribution in [0.15, 0.2) is 30.3 Å². The topological polar surface area (TPSA) is 96.0 Å². The van der Waals surface area contributed by atoms with Crippen molar-refractivity contribution >= 4 is 28.4 Å². The third-order valence-electron chi connectivity index (χ3n) is 4.85. The number of amides is 3. The molecule has 2 aromatic rings. The highest BCUT2D eigenvalue weighted by Gasteiger charge is 2.26. The number of nitrogens with one attached hydrogen (secondary N) is 3. The Hall–Kier alpha value is -2.48. The molecular weight excluding hydrogens is 374 g/mol. The van der Waals surface area contributed by atoms with Gasteiger partial charge in [0.15, 0.2) is 0 Å². The van der Waals surface area contributed by atoms with Gasteiger partial charge >= 0.3 is 6.03 Å². The lowest BCUT2D eigenvalue weighted by Crippen LogP contribution is -2.52. The fraction of sp³-hybridized carbons (Fsp3) is 0.500. The summed E-state index contributed by atoms with van der Waals surface area (Å²) in [6, 6.07) is 8.94. The standard InChI is InChI=1S/C20H27N5O2S/c1-13(2)16(22-19(27)21-15-11-7-4-8-12-15)17(26)23-20-25-24-18(28-20)14-9-5-3-6-10-14/h3,5-6,9-10,13,15-16H,4,7-8,11-12H2,1-2H3,(H2,21,22,27)(H,23,25,26). The molecule has 0 radical (unpaired) electrons. The summed E-state index contributed by atoms with van der Waals surface area (Å²) < 4.78 is 0. The van der Waals surface area contributed by atoms with E-state index in [9.17, 15) is 9.59 Å². The molecule has 1 aromatic heterocycles. The van der Waals surface area contributed by atoms with Crippen molar-refractivity contribution in [2.45, 2.75) is 58.0 Å². The van der Waals surface area contributed by atoms with Crippen molar-refractivity contribution in [2.24, 2.45) is 5.92 Å². The van der Waals surface area contributed by atoms with Crippen LogP contribution in [-0.4, -0.2) is 34.2 Å². The fourth-order valence-electron chi connectivity index (χ4n) is 3.30. The Balaban J connectivity index is 1.58. The summed E-state index contributed by atoms with van der Waals surface area (Å²) in [4.78, 5) is 25.1. The Kier molecular flexibility index (Phi) is 6.97. The van der Waals surface area contributed by atoms with Gasteiger partial charge in [0.25, 0.3) is 0 Å². The van der Waals surface area contributed by atoms with Crippen LogP contribution in [0.3, 0.4) is 0 Å². The number of nitrogens with zero attached hydrogens (tertiary/aromatic N) is 2. The first-order valence-electron chi connectivity index (χ1n) is 9.79. The normalized spacial score (nSPS) is 15.8. The Bertz CT molecular complexity index is 787. The fourth-order valence-corrected chi connectivity index (χ4v) is 4.06. The number of anilines is 1. The van der Waals surface area contributed by atoms with E-state index in [2.05, 4.69) is 26.1 Å². The molecular formula is C20H27N5O2S. The van der Waals surface area contributed by atoms with Crippen LogP contribution in [0.25, 0.3) is 10.6 Å². The Morgan fingerprint density at radius 2 is 1.79 bits per heavy atom. The number of urea groups is 1. The molecule has 0 bridgehead atoms. The van der Waals surface area contributed by atoms with Crippen molar-refractivity contribution in [1.82, 2.24) is 20.8 Å². The van der Waals surface area contributed by atoms with Gasteiger partial charge in [-0.1, -0.05) is 74.8 Å². The molecule has 7 nitrogen and oxygen atoms in total. The second kappa shape index (κ2) is 9.64. The molecule has 3 amide bonds. The second-order valence-corrected chi connectivity index (χ2v) is 8.42. The lowest BCUT2D eigenvalue weighted by Gasteiger charge is -2.26. The molecule has 1 saturated carbocycles. The van der Waals surface area contributed by atoms with E-state index in [1.807, 2.05) is 44.2 Å². The number of carbonyl (C=O) groups is 2. The lowest BCUT2D eigenvalue weighted by molar-refractivity contribution is -0.118. The van der Waals surface area contributed by atoms with E-state index in [1.54, 1.807) is 0 Å². The minimum absolute atomic E-state index is 0.0568. The van der Waals surface area contributed by atoms with Crippen LogP contribution in [0.5, 0.6) is 0 Å². The SMILES string of the molecule is CC(C)C(NC(=O)NC1CCCCC1)C(=O)Nc1nnc(-c2ccccc2)s1. The lowest BCUT2D eigenvalue weighted by atomic mass is 9.96. The van der Waals surface area contributed by atoms with Gasteiger partial charge < -0.3 is 10.6 Å². The zero-order valence-electron chi connectivity index (χ0n) is 16.3. The first-order chi connectivity index (χ1) is 13.5. The molecule has 1 unspecified atom stereocenters. The van der Waals surface area contributed by atoms with E-state index in [0.29, 0.717) is 5.13 Å². The van der Waals surface area contributed by atoms with E-state index in [1.165, 1.54) is 17.8 Å². The first-order valence-corrected chi connectivity index (χ1v) is 10.6. The van der Waals surface area contributed by atoms with Crippen LogP contribution >= 0.6 is 11.3 Å². The maximum Gasteiger partial charge on any atom is 0.315 e. The van der Waals surface area contributed by atoms with Crippen LogP contribution in [0.4, 0.5) is 9.93 Å². The van der Waals surface area contributed by atoms with Crippen molar-refractivity contribution in [3.63, 3.8) is 0 Å². The molecule has 3 rings (SSSR count). The highest BCUT2D eigenvalue weighted by atomic mass is 32.1. The number of carbonyl (C=O) groups excluding carboxylic acids is 2. The zero-order chi connectivity index (χ0) is 19.9. The summed E-state index contributed by atoms with van der Waals surface area (Å²) in [5.74, 6) is -0.344. The van der Waals surface area contributed by atoms with E-state index in [-0.39, 0.29) is 23.9 Å². The maximum atomic E-state index is 12.7. The molecule has 0 aliphatic heterocycles. The van der Waals surface area contributed by atoms with Gasteiger partial charge in [-0.15, -0.1) is 10.2 Å². The maximum absolute atomic E-state index is 12.7. The minimum atomic E-state index is -0.646. The van der Waals surface area contributed by atoms with Crippen LogP contribution in [0, 0.1) is 5.92 Å². The smallest absolute Gasteiger partial charge is 0.315 e. The molecule has 3 N–H and O–H groups in total. The average molecular weight is 402 g/mol. The largest absolute Gasteiger partial charge is 0.335 e. The summed E-state index contributed by atoms with van der Waals surface area (Å²) in [5, 5.41) is 17.9. The number of hydrogen-bond donors (Lipinski definition) is 3. The molecule has 1 aromatic carbocycles. The van der Waals surface area contributed by atoms with E-state index in [4.69, 9.17) is 0 Å². The number of rotatable bonds is 6. The summed E-state index contributed by atoms with van der Waals surface area (Å²) in [6.45, 7) is 3.81. The first kappa shape index (κ1) is 20.3. The predicted molar refractivity (Wildman–Crippen MR) is 111 cm³/mol. The van der Waals surface area contributed by atoms with Crippen molar-refractivity contribution in [3.8, 4) is 10.6 Å². The zero-order valence-corrected chi connectivity index (χ0v) is 17.1. The van der Waals surface area contributed by atoms with Crippen molar-refractivity contribution in [1.29, 1.82) is 0 Å². The molecule has 1 fully saturated rings. The van der Waals surface area contributed by atoms with Gasteiger partial charge in [-0.3, -0.25) is 10.1 Å². The quantitative estimate of drug-likeness (QED) is 0.686. The van der Waals surface area contributed by atoms with Gasteiger partial charge in [0.2, 0.25) is 11.0 Å². The van der Waals surface area contributed by atoms with Crippen LogP contribution in [0.2, 0.25) is 0 Å². The summed E-state index contributed by atoms with van der Waals surface area (Å²) in [7, 11) is 0. The van der Waals surface area contributed by atoms with E-state index >= 15 is 0 Å². The highest BCUT2D eigenvalue weighted by Crippen LogP contribution is 2.26. The molecule has 0 spiro atoms. The number of hydrogen-bond acceptors (Lipinski definition) is 5. The van der Waals surface area contributed by atoms with E-state index in [0.717, 1.165) is 36.3 Å². The van der Waals surface area contributed by atoms with E-state index < -0.39 is 6.04 Å². The van der Waals surface area contributed by atoms with Crippen molar-refractivity contribution < 1.29 is 9.59 Å². The molecule has 28 heavy (non-hydrogen) atoms. The van der Waals surface area contributed by atoms with Gasteiger partial charge in [-0.25, -0.2) is 4.79 Å². The minimum Gasteiger partial charge on any atom is -0.335 e. The van der Waals surface area contributed by atoms with Gasteiger partial charge in [-0.05, 0) is 18.8 Å². The Labute approximate surface area is 169 Å². The third kappa shape index (κ3) is 5.51. The summed E-state index contributed by atoms with van der Waals surface area (Å²) in [5.41, 5.74) is 0.950. The molecule has 1 aliphatic carbocycles. The molecule has 8 heteroatoms.